The number of amides is 3. The zero-order chi connectivity index (χ0) is 13.7. The first-order chi connectivity index (χ1) is 9.20. The third-order valence-corrected chi connectivity index (χ3v) is 4.38. The Bertz CT molecular complexity index is 336. The first kappa shape index (κ1) is 14.3. The van der Waals surface area contributed by atoms with Crippen LogP contribution in [0.25, 0.3) is 0 Å². The average Bonchev–Trinajstić information content (AvgIpc) is 2.60. The van der Waals surface area contributed by atoms with Crippen molar-refractivity contribution in [3.63, 3.8) is 0 Å². The number of nitrogens with zero attached hydrogens (tertiary/aromatic N) is 1. The number of nitrogens with one attached hydrogen (secondary N) is 1. The Morgan fingerprint density at radius 1 is 1.05 bits per heavy atom. The van der Waals surface area contributed by atoms with Crippen LogP contribution in [0.2, 0.25) is 0 Å². The quantitative estimate of drug-likeness (QED) is 0.590. The Morgan fingerprint density at radius 3 is 2.37 bits per heavy atom. The van der Waals surface area contributed by atoms with Crippen molar-refractivity contribution < 1.29 is 14.7 Å². The summed E-state index contributed by atoms with van der Waals surface area (Å²) in [4.78, 5) is 25.9. The van der Waals surface area contributed by atoms with E-state index < -0.39 is 5.54 Å². The predicted octanol–water partition coefficient (Wildman–Crippen LogP) is 1.79. The molecule has 0 aromatic rings. The highest BCUT2D eigenvalue weighted by molar-refractivity contribution is 6.07. The van der Waals surface area contributed by atoms with E-state index in [-0.39, 0.29) is 18.5 Å². The maximum Gasteiger partial charge on any atom is 0.325 e. The van der Waals surface area contributed by atoms with Crippen molar-refractivity contribution in [2.75, 3.05) is 13.2 Å². The molecule has 0 aromatic heterocycles. The molecule has 1 saturated carbocycles. The molecule has 0 atom stereocenters. The van der Waals surface area contributed by atoms with Gasteiger partial charge in [0.2, 0.25) is 0 Å². The summed E-state index contributed by atoms with van der Waals surface area (Å²) < 4.78 is 0. The molecule has 5 heteroatoms. The van der Waals surface area contributed by atoms with Gasteiger partial charge in [-0.05, 0) is 32.1 Å². The number of urea groups is 1. The highest BCUT2D eigenvalue weighted by Gasteiger charge is 2.51. The van der Waals surface area contributed by atoms with E-state index in [2.05, 4.69) is 5.32 Å². The largest absolute Gasteiger partial charge is 0.396 e. The summed E-state index contributed by atoms with van der Waals surface area (Å²) in [7, 11) is 0. The Morgan fingerprint density at radius 2 is 1.74 bits per heavy atom. The lowest BCUT2D eigenvalue weighted by molar-refractivity contribution is -0.127. The van der Waals surface area contributed by atoms with E-state index in [1.807, 2.05) is 0 Å². The summed E-state index contributed by atoms with van der Waals surface area (Å²) in [5.41, 5.74) is -0.577. The number of carbonyl (C=O) groups is 2. The number of aliphatic hydroxyl groups is 1. The van der Waals surface area contributed by atoms with Crippen LogP contribution in [-0.2, 0) is 4.79 Å². The van der Waals surface area contributed by atoms with Crippen LogP contribution in [0.3, 0.4) is 0 Å². The van der Waals surface area contributed by atoms with E-state index in [4.69, 9.17) is 5.11 Å². The summed E-state index contributed by atoms with van der Waals surface area (Å²) in [6.07, 6.45) is 8.45. The Balaban J connectivity index is 2.04. The van der Waals surface area contributed by atoms with Gasteiger partial charge in [0.05, 0.1) is 0 Å². The number of hydrogen-bond acceptors (Lipinski definition) is 3. The smallest absolute Gasteiger partial charge is 0.325 e. The van der Waals surface area contributed by atoms with Crippen LogP contribution in [0.5, 0.6) is 0 Å². The minimum atomic E-state index is -0.577. The summed E-state index contributed by atoms with van der Waals surface area (Å²) in [6.45, 7) is 0.813. The lowest BCUT2D eigenvalue weighted by Gasteiger charge is -2.34. The van der Waals surface area contributed by atoms with Crippen molar-refractivity contribution in [1.29, 1.82) is 0 Å². The van der Waals surface area contributed by atoms with Crippen LogP contribution in [-0.4, -0.2) is 40.6 Å². The van der Waals surface area contributed by atoms with E-state index in [0.29, 0.717) is 6.54 Å². The molecule has 1 aliphatic carbocycles. The van der Waals surface area contributed by atoms with E-state index in [0.717, 1.165) is 57.8 Å². The number of hydrogen-bond donors (Lipinski definition) is 2. The molecular formula is C14H24N2O3. The third kappa shape index (κ3) is 2.91. The van der Waals surface area contributed by atoms with Crippen molar-refractivity contribution in [2.45, 2.75) is 63.3 Å². The minimum Gasteiger partial charge on any atom is -0.396 e. The van der Waals surface area contributed by atoms with Gasteiger partial charge in [0, 0.05) is 13.2 Å². The van der Waals surface area contributed by atoms with Gasteiger partial charge in [-0.15, -0.1) is 0 Å². The van der Waals surface area contributed by atoms with Crippen molar-refractivity contribution in [3.8, 4) is 0 Å². The SMILES string of the molecule is O=C1NC(=O)C2(CCCCCC2)N1CCCCCO. The predicted molar refractivity (Wildman–Crippen MR) is 71.6 cm³/mol. The summed E-state index contributed by atoms with van der Waals surface area (Å²) in [6, 6.07) is -0.226. The maximum atomic E-state index is 12.2. The summed E-state index contributed by atoms with van der Waals surface area (Å²) in [5.74, 6) is -0.0958. The zero-order valence-corrected chi connectivity index (χ0v) is 11.5. The first-order valence-electron chi connectivity index (χ1n) is 7.45. The van der Waals surface area contributed by atoms with Gasteiger partial charge >= 0.3 is 6.03 Å². The molecule has 1 saturated heterocycles. The van der Waals surface area contributed by atoms with Gasteiger partial charge in [-0.25, -0.2) is 4.79 Å². The fourth-order valence-electron chi connectivity index (χ4n) is 3.28. The molecule has 2 N–H and O–H groups in total. The second-order valence-electron chi connectivity index (χ2n) is 5.64. The fraction of sp³-hybridized carbons (Fsp3) is 0.857. The van der Waals surface area contributed by atoms with Crippen molar-refractivity contribution >= 4 is 11.9 Å². The molecule has 2 aliphatic rings. The Kier molecular flexibility index (Phi) is 4.80. The van der Waals surface area contributed by atoms with E-state index in [1.165, 1.54) is 0 Å². The number of unbranched alkanes of at least 4 members (excludes halogenated alkanes) is 2. The molecule has 0 radical (unpaired) electrons. The van der Waals surface area contributed by atoms with Crippen LogP contribution in [0, 0.1) is 0 Å². The van der Waals surface area contributed by atoms with Crippen molar-refractivity contribution in [3.05, 3.63) is 0 Å². The second kappa shape index (κ2) is 6.37. The second-order valence-corrected chi connectivity index (χ2v) is 5.64. The highest BCUT2D eigenvalue weighted by atomic mass is 16.3. The normalized spacial score (nSPS) is 22.7. The minimum absolute atomic E-state index is 0.0958. The van der Waals surface area contributed by atoms with Gasteiger partial charge in [0.1, 0.15) is 5.54 Å². The molecule has 19 heavy (non-hydrogen) atoms. The molecule has 0 unspecified atom stereocenters. The van der Waals surface area contributed by atoms with Crippen LogP contribution >= 0.6 is 0 Å². The number of imide groups is 1. The molecule has 5 nitrogen and oxygen atoms in total. The lowest BCUT2D eigenvalue weighted by Crippen LogP contribution is -2.49. The van der Waals surface area contributed by atoms with Crippen LogP contribution in [0.15, 0.2) is 0 Å². The van der Waals surface area contributed by atoms with Gasteiger partial charge in [0.25, 0.3) is 5.91 Å². The van der Waals surface area contributed by atoms with Gasteiger partial charge in [0.15, 0.2) is 0 Å². The van der Waals surface area contributed by atoms with E-state index in [1.54, 1.807) is 4.90 Å². The van der Waals surface area contributed by atoms with Crippen LogP contribution < -0.4 is 5.32 Å². The monoisotopic (exact) mass is 268 g/mol. The molecule has 1 spiro atoms. The van der Waals surface area contributed by atoms with Crippen LogP contribution in [0.1, 0.15) is 57.8 Å². The van der Waals surface area contributed by atoms with E-state index >= 15 is 0 Å². The molecule has 0 aromatic carbocycles. The van der Waals surface area contributed by atoms with Gasteiger partial charge in [-0.2, -0.15) is 0 Å². The summed E-state index contributed by atoms with van der Waals surface area (Å²) in [5, 5.41) is 11.3. The molecule has 3 amide bonds. The maximum absolute atomic E-state index is 12.2. The summed E-state index contributed by atoms with van der Waals surface area (Å²) >= 11 is 0. The Hall–Kier alpha value is -1.10. The Labute approximate surface area is 114 Å². The molecule has 0 bridgehead atoms. The molecule has 108 valence electrons. The third-order valence-electron chi connectivity index (χ3n) is 4.38. The van der Waals surface area contributed by atoms with E-state index in [9.17, 15) is 9.59 Å². The number of rotatable bonds is 5. The molecule has 1 aliphatic heterocycles. The molecule has 2 rings (SSSR count). The fourth-order valence-corrected chi connectivity index (χ4v) is 3.28. The molecular weight excluding hydrogens is 244 g/mol. The van der Waals surface area contributed by atoms with Crippen molar-refractivity contribution in [1.82, 2.24) is 10.2 Å². The highest BCUT2D eigenvalue weighted by Crippen LogP contribution is 2.36. The lowest BCUT2D eigenvalue weighted by atomic mass is 9.88. The zero-order valence-electron chi connectivity index (χ0n) is 11.5. The topological polar surface area (TPSA) is 69.6 Å². The average molecular weight is 268 g/mol. The standard InChI is InChI=1S/C14H24N2O3/c17-11-7-3-6-10-16-13(19)15-12(18)14(16)8-4-1-2-5-9-14/h17H,1-11H2,(H,15,18,19). The molecule has 2 fully saturated rings. The number of aliphatic hydroxyl groups excluding tert-OH is 1. The van der Waals surface area contributed by atoms with Gasteiger partial charge in [-0.1, -0.05) is 25.7 Å². The number of carbonyl (C=O) groups excluding carboxylic acids is 2. The first-order valence-corrected chi connectivity index (χ1v) is 7.45. The van der Waals surface area contributed by atoms with Crippen molar-refractivity contribution in [2.24, 2.45) is 0 Å². The van der Waals surface area contributed by atoms with Gasteiger partial charge < -0.3 is 10.0 Å². The van der Waals surface area contributed by atoms with Crippen LogP contribution in [0.4, 0.5) is 4.79 Å². The van der Waals surface area contributed by atoms with Gasteiger partial charge in [-0.3, -0.25) is 10.1 Å². The molecule has 1 heterocycles.